The highest BCUT2D eigenvalue weighted by Gasteiger charge is 2.11. The number of nitrogens with two attached hydrogens (primary N) is 1. The van der Waals surface area contributed by atoms with Crippen molar-refractivity contribution in [2.24, 2.45) is 5.73 Å². The molecular formula is C6H8BrNO2. The van der Waals surface area contributed by atoms with E-state index in [0.717, 1.165) is 4.47 Å². The highest BCUT2D eigenvalue weighted by molar-refractivity contribution is 9.10. The van der Waals surface area contributed by atoms with E-state index >= 15 is 0 Å². The first-order chi connectivity index (χ1) is 4.75. The van der Waals surface area contributed by atoms with Gasteiger partial charge < -0.3 is 15.3 Å². The largest absolute Gasteiger partial charge is 0.465 e. The minimum absolute atomic E-state index is 0.173. The first-order valence-electron chi connectivity index (χ1n) is 2.86. The molecule has 0 spiro atoms. The molecule has 0 aliphatic rings. The molecule has 3 N–H and O–H groups in total. The third-order valence-corrected chi connectivity index (χ3v) is 1.83. The maximum Gasteiger partial charge on any atom is 0.147 e. The van der Waals surface area contributed by atoms with E-state index in [1.807, 2.05) is 0 Å². The summed E-state index contributed by atoms with van der Waals surface area (Å²) in [6.45, 7) is 0.173. The van der Waals surface area contributed by atoms with Crippen LogP contribution in [0.15, 0.2) is 21.2 Å². The molecule has 56 valence electrons. The van der Waals surface area contributed by atoms with Gasteiger partial charge in [-0.2, -0.15) is 0 Å². The molecule has 1 aromatic rings. The maximum atomic E-state index is 9.15. The Morgan fingerprint density at radius 2 is 2.50 bits per heavy atom. The molecule has 1 atom stereocenters. The van der Waals surface area contributed by atoms with E-state index in [4.69, 9.17) is 15.3 Å². The monoisotopic (exact) mass is 205 g/mol. The number of aliphatic hydroxyl groups is 1. The Kier molecular flexibility index (Phi) is 2.48. The molecule has 3 nitrogen and oxygen atoms in total. The highest BCUT2D eigenvalue weighted by Crippen LogP contribution is 2.23. The first kappa shape index (κ1) is 7.78. The number of furan rings is 1. The standard InChI is InChI=1S/C6H8BrNO2/c7-4-1-2-10-6(4)5(9)3-8/h1-2,5,9H,3,8H2. The van der Waals surface area contributed by atoms with Crippen LogP contribution in [0.5, 0.6) is 0 Å². The summed E-state index contributed by atoms with van der Waals surface area (Å²) in [5, 5.41) is 9.15. The number of aliphatic hydroxyl groups excluding tert-OH is 1. The molecule has 0 aromatic carbocycles. The Morgan fingerprint density at radius 1 is 1.80 bits per heavy atom. The SMILES string of the molecule is NCC(O)c1occc1Br. The Labute approximate surface area is 67.0 Å². The van der Waals surface area contributed by atoms with Gasteiger partial charge in [0.2, 0.25) is 0 Å². The second kappa shape index (κ2) is 3.18. The summed E-state index contributed by atoms with van der Waals surface area (Å²) in [7, 11) is 0. The lowest BCUT2D eigenvalue weighted by Crippen LogP contribution is -2.10. The predicted octanol–water partition coefficient (Wildman–Crippen LogP) is 1.03. The van der Waals surface area contributed by atoms with Gasteiger partial charge in [0.15, 0.2) is 0 Å². The lowest BCUT2D eigenvalue weighted by Gasteiger charge is -2.02. The quantitative estimate of drug-likeness (QED) is 0.759. The Hall–Kier alpha value is -0.320. The van der Waals surface area contributed by atoms with Crippen molar-refractivity contribution >= 4 is 15.9 Å². The van der Waals surface area contributed by atoms with Gasteiger partial charge in [0, 0.05) is 6.54 Å². The van der Waals surface area contributed by atoms with Gasteiger partial charge in [-0.05, 0) is 22.0 Å². The van der Waals surface area contributed by atoms with Gasteiger partial charge in [-0.15, -0.1) is 0 Å². The van der Waals surface area contributed by atoms with Crippen molar-refractivity contribution in [1.82, 2.24) is 0 Å². The molecule has 4 heteroatoms. The van der Waals surface area contributed by atoms with Gasteiger partial charge in [-0.3, -0.25) is 0 Å². The first-order valence-corrected chi connectivity index (χ1v) is 3.66. The van der Waals surface area contributed by atoms with Gasteiger partial charge >= 0.3 is 0 Å². The highest BCUT2D eigenvalue weighted by atomic mass is 79.9. The topological polar surface area (TPSA) is 59.4 Å². The maximum absolute atomic E-state index is 9.15. The van der Waals surface area contributed by atoms with Crippen molar-refractivity contribution in [3.8, 4) is 0 Å². The van der Waals surface area contributed by atoms with Crippen molar-refractivity contribution in [2.75, 3.05) is 6.54 Å². The van der Waals surface area contributed by atoms with Crippen molar-refractivity contribution in [1.29, 1.82) is 0 Å². The van der Waals surface area contributed by atoms with Gasteiger partial charge in [-0.1, -0.05) is 0 Å². The molecule has 0 saturated carbocycles. The van der Waals surface area contributed by atoms with E-state index < -0.39 is 6.10 Å². The van der Waals surface area contributed by atoms with E-state index in [0.29, 0.717) is 5.76 Å². The fraction of sp³-hybridized carbons (Fsp3) is 0.333. The van der Waals surface area contributed by atoms with Crippen LogP contribution < -0.4 is 5.73 Å². The zero-order valence-electron chi connectivity index (χ0n) is 5.25. The number of rotatable bonds is 2. The fourth-order valence-corrected chi connectivity index (χ4v) is 1.12. The van der Waals surface area contributed by atoms with Crippen LogP contribution in [0.2, 0.25) is 0 Å². The predicted molar refractivity (Wildman–Crippen MR) is 40.4 cm³/mol. The molecule has 1 aromatic heterocycles. The summed E-state index contributed by atoms with van der Waals surface area (Å²) in [4.78, 5) is 0. The molecule has 0 saturated heterocycles. The molecule has 10 heavy (non-hydrogen) atoms. The van der Waals surface area contributed by atoms with Crippen LogP contribution in [0.25, 0.3) is 0 Å². The fourth-order valence-electron chi connectivity index (χ4n) is 0.650. The van der Waals surface area contributed by atoms with Crippen molar-refractivity contribution in [3.63, 3.8) is 0 Å². The molecular weight excluding hydrogens is 198 g/mol. The average Bonchev–Trinajstić information content (AvgIpc) is 2.34. The molecule has 0 aliphatic carbocycles. The summed E-state index contributed by atoms with van der Waals surface area (Å²) in [6, 6.07) is 1.72. The number of hydrogen-bond acceptors (Lipinski definition) is 3. The van der Waals surface area contributed by atoms with Crippen LogP contribution >= 0.6 is 15.9 Å². The molecule has 1 unspecified atom stereocenters. The Morgan fingerprint density at radius 3 is 2.90 bits per heavy atom. The summed E-state index contributed by atoms with van der Waals surface area (Å²) in [6.07, 6.45) is 0.794. The van der Waals surface area contributed by atoms with Crippen LogP contribution in [-0.2, 0) is 0 Å². The summed E-state index contributed by atoms with van der Waals surface area (Å²) in [5.41, 5.74) is 5.20. The van der Waals surface area contributed by atoms with E-state index in [9.17, 15) is 0 Å². The second-order valence-electron chi connectivity index (χ2n) is 1.88. The Balaban J connectivity index is 2.82. The number of halogens is 1. The molecule has 0 radical (unpaired) electrons. The molecule has 1 rings (SSSR count). The van der Waals surface area contributed by atoms with Crippen LogP contribution in [0.1, 0.15) is 11.9 Å². The van der Waals surface area contributed by atoms with Gasteiger partial charge in [-0.25, -0.2) is 0 Å². The Bertz CT molecular complexity index is 211. The van der Waals surface area contributed by atoms with Gasteiger partial charge in [0.25, 0.3) is 0 Å². The molecule has 1 heterocycles. The van der Waals surface area contributed by atoms with E-state index in [-0.39, 0.29) is 6.54 Å². The lowest BCUT2D eigenvalue weighted by molar-refractivity contribution is 0.157. The van der Waals surface area contributed by atoms with Crippen LogP contribution in [0.3, 0.4) is 0 Å². The third-order valence-electron chi connectivity index (χ3n) is 1.17. The van der Waals surface area contributed by atoms with Crippen LogP contribution in [-0.4, -0.2) is 11.7 Å². The second-order valence-corrected chi connectivity index (χ2v) is 2.74. The molecule has 0 bridgehead atoms. The van der Waals surface area contributed by atoms with Crippen LogP contribution in [0.4, 0.5) is 0 Å². The smallest absolute Gasteiger partial charge is 0.147 e. The third kappa shape index (κ3) is 1.39. The minimum Gasteiger partial charge on any atom is -0.465 e. The lowest BCUT2D eigenvalue weighted by atomic mass is 10.3. The number of hydrogen-bond donors (Lipinski definition) is 2. The summed E-state index contributed by atoms with van der Waals surface area (Å²) in [5.74, 6) is 0.488. The van der Waals surface area contributed by atoms with Gasteiger partial charge in [0.1, 0.15) is 11.9 Å². The summed E-state index contributed by atoms with van der Waals surface area (Å²) >= 11 is 3.20. The molecule has 0 amide bonds. The zero-order chi connectivity index (χ0) is 7.56. The van der Waals surface area contributed by atoms with Crippen molar-refractivity contribution < 1.29 is 9.52 Å². The zero-order valence-corrected chi connectivity index (χ0v) is 6.84. The molecule has 0 fully saturated rings. The average molecular weight is 206 g/mol. The minimum atomic E-state index is -0.704. The van der Waals surface area contributed by atoms with E-state index in [1.165, 1.54) is 6.26 Å². The summed E-state index contributed by atoms with van der Waals surface area (Å²) < 4.78 is 5.70. The van der Waals surface area contributed by atoms with E-state index in [2.05, 4.69) is 15.9 Å². The van der Waals surface area contributed by atoms with Crippen LogP contribution in [0, 0.1) is 0 Å². The van der Waals surface area contributed by atoms with E-state index in [1.54, 1.807) is 6.07 Å². The normalized spacial score (nSPS) is 13.5. The molecule has 0 aliphatic heterocycles. The van der Waals surface area contributed by atoms with Gasteiger partial charge in [0.05, 0.1) is 10.7 Å². The van der Waals surface area contributed by atoms with Crippen molar-refractivity contribution in [3.05, 3.63) is 22.6 Å². The van der Waals surface area contributed by atoms with Crippen molar-refractivity contribution in [2.45, 2.75) is 6.10 Å².